The van der Waals surface area contributed by atoms with Crippen molar-refractivity contribution in [1.82, 2.24) is 4.90 Å². The predicted molar refractivity (Wildman–Crippen MR) is 70.6 cm³/mol. The standard InChI is InChI=1S/C15H18F3NO2/c1-13(20)7-14(21-10-13)8-19(9-14)6-11-2-4-12(5-3-11)15(16,17)18/h2-5,20H,6-10H2,1H3. The van der Waals surface area contributed by atoms with Gasteiger partial charge in [0.25, 0.3) is 0 Å². The molecule has 1 aromatic carbocycles. The normalized spacial score (nSPS) is 28.8. The molecule has 116 valence electrons. The van der Waals surface area contributed by atoms with E-state index in [1.807, 2.05) is 0 Å². The average molecular weight is 301 g/mol. The summed E-state index contributed by atoms with van der Waals surface area (Å²) in [4.78, 5) is 2.12. The van der Waals surface area contributed by atoms with Gasteiger partial charge in [-0.05, 0) is 24.6 Å². The van der Waals surface area contributed by atoms with Crippen molar-refractivity contribution in [1.29, 1.82) is 0 Å². The van der Waals surface area contributed by atoms with Gasteiger partial charge in [-0.2, -0.15) is 13.2 Å². The second kappa shape index (κ2) is 4.69. The number of hydrogen-bond acceptors (Lipinski definition) is 3. The molecule has 0 saturated carbocycles. The van der Waals surface area contributed by atoms with E-state index in [1.54, 1.807) is 6.92 Å². The molecule has 0 radical (unpaired) electrons. The van der Waals surface area contributed by atoms with Crippen molar-refractivity contribution in [2.75, 3.05) is 19.7 Å². The first kappa shape index (κ1) is 14.8. The van der Waals surface area contributed by atoms with Crippen molar-refractivity contribution in [3.05, 3.63) is 35.4 Å². The van der Waals surface area contributed by atoms with E-state index in [1.165, 1.54) is 12.1 Å². The maximum atomic E-state index is 12.5. The summed E-state index contributed by atoms with van der Waals surface area (Å²) < 4.78 is 43.1. The third-order valence-corrected chi connectivity index (χ3v) is 4.10. The summed E-state index contributed by atoms with van der Waals surface area (Å²) in [7, 11) is 0. The quantitative estimate of drug-likeness (QED) is 0.910. The molecule has 2 aliphatic rings. The Balaban J connectivity index is 1.55. The zero-order chi connectivity index (χ0) is 15.3. The number of ether oxygens (including phenoxy) is 1. The minimum absolute atomic E-state index is 0.268. The Kier molecular flexibility index (Phi) is 3.31. The highest BCUT2D eigenvalue weighted by atomic mass is 19.4. The fourth-order valence-corrected chi connectivity index (χ4v) is 3.25. The van der Waals surface area contributed by atoms with Crippen LogP contribution in [0.2, 0.25) is 0 Å². The summed E-state index contributed by atoms with van der Waals surface area (Å²) in [5.74, 6) is 0. The number of halogens is 3. The van der Waals surface area contributed by atoms with E-state index in [2.05, 4.69) is 4.90 Å². The second-order valence-corrected chi connectivity index (χ2v) is 6.49. The van der Waals surface area contributed by atoms with Crippen LogP contribution in [0.1, 0.15) is 24.5 Å². The lowest BCUT2D eigenvalue weighted by atomic mass is 9.85. The van der Waals surface area contributed by atoms with Crippen LogP contribution in [-0.2, 0) is 17.5 Å². The molecule has 0 aliphatic carbocycles. The molecule has 6 heteroatoms. The van der Waals surface area contributed by atoms with E-state index in [4.69, 9.17) is 4.74 Å². The molecular formula is C15H18F3NO2. The highest BCUT2D eigenvalue weighted by Gasteiger charge is 2.53. The Labute approximate surface area is 121 Å². The highest BCUT2D eigenvalue weighted by molar-refractivity contribution is 5.25. The molecule has 1 atom stereocenters. The number of likely N-dealkylation sites (tertiary alicyclic amines) is 1. The number of aliphatic hydroxyl groups is 1. The summed E-state index contributed by atoms with van der Waals surface area (Å²) in [6.07, 6.45) is -3.67. The number of benzene rings is 1. The molecule has 2 saturated heterocycles. The predicted octanol–water partition coefficient (Wildman–Crippen LogP) is 2.43. The third kappa shape index (κ3) is 3.07. The van der Waals surface area contributed by atoms with E-state index in [-0.39, 0.29) is 5.60 Å². The lowest BCUT2D eigenvalue weighted by Crippen LogP contribution is -2.61. The molecule has 1 spiro atoms. The van der Waals surface area contributed by atoms with Gasteiger partial charge >= 0.3 is 6.18 Å². The molecule has 0 bridgehead atoms. The molecule has 1 unspecified atom stereocenters. The van der Waals surface area contributed by atoms with Crippen LogP contribution in [0.15, 0.2) is 24.3 Å². The zero-order valence-corrected chi connectivity index (χ0v) is 11.8. The first-order valence-electron chi connectivity index (χ1n) is 6.92. The Bertz CT molecular complexity index is 519. The maximum Gasteiger partial charge on any atom is 0.416 e. The Morgan fingerprint density at radius 2 is 1.86 bits per heavy atom. The van der Waals surface area contributed by atoms with Crippen LogP contribution in [0.5, 0.6) is 0 Å². The van der Waals surface area contributed by atoms with Gasteiger partial charge in [-0.3, -0.25) is 4.90 Å². The highest BCUT2D eigenvalue weighted by Crippen LogP contribution is 2.40. The SMILES string of the molecule is CC1(O)COC2(CN(Cc3ccc(C(F)(F)F)cc3)C2)C1. The van der Waals surface area contributed by atoms with Crippen molar-refractivity contribution in [2.45, 2.75) is 37.3 Å². The van der Waals surface area contributed by atoms with Crippen molar-refractivity contribution >= 4 is 0 Å². The van der Waals surface area contributed by atoms with Crippen LogP contribution in [0, 0.1) is 0 Å². The average Bonchev–Trinajstić information content (AvgIpc) is 2.65. The van der Waals surface area contributed by atoms with Gasteiger partial charge < -0.3 is 9.84 Å². The Morgan fingerprint density at radius 1 is 1.24 bits per heavy atom. The Hall–Kier alpha value is -1.11. The first-order chi connectivity index (χ1) is 9.68. The summed E-state index contributed by atoms with van der Waals surface area (Å²) in [5, 5.41) is 9.93. The third-order valence-electron chi connectivity index (χ3n) is 4.10. The van der Waals surface area contributed by atoms with Gasteiger partial charge in [0.2, 0.25) is 0 Å². The van der Waals surface area contributed by atoms with E-state index >= 15 is 0 Å². The fraction of sp³-hybridized carbons (Fsp3) is 0.600. The molecular weight excluding hydrogens is 283 g/mol. The summed E-state index contributed by atoms with van der Waals surface area (Å²) in [6.45, 7) is 4.14. The molecule has 2 heterocycles. The maximum absolute atomic E-state index is 12.5. The number of nitrogens with zero attached hydrogens (tertiary/aromatic N) is 1. The van der Waals surface area contributed by atoms with E-state index in [0.29, 0.717) is 32.7 Å². The van der Waals surface area contributed by atoms with Gasteiger partial charge in [0.05, 0.1) is 23.4 Å². The lowest BCUT2D eigenvalue weighted by Gasteiger charge is -2.47. The second-order valence-electron chi connectivity index (χ2n) is 6.49. The molecule has 21 heavy (non-hydrogen) atoms. The van der Waals surface area contributed by atoms with Crippen molar-refractivity contribution in [3.63, 3.8) is 0 Å². The van der Waals surface area contributed by atoms with Crippen molar-refractivity contribution in [2.24, 2.45) is 0 Å². The van der Waals surface area contributed by atoms with Gasteiger partial charge in [0.15, 0.2) is 0 Å². The molecule has 2 aliphatic heterocycles. The topological polar surface area (TPSA) is 32.7 Å². The number of alkyl halides is 3. The van der Waals surface area contributed by atoms with Gasteiger partial charge in [-0.25, -0.2) is 0 Å². The number of rotatable bonds is 2. The van der Waals surface area contributed by atoms with Crippen LogP contribution in [0.3, 0.4) is 0 Å². The molecule has 2 fully saturated rings. The largest absolute Gasteiger partial charge is 0.416 e. The van der Waals surface area contributed by atoms with Crippen molar-refractivity contribution < 1.29 is 23.0 Å². The van der Waals surface area contributed by atoms with Gasteiger partial charge in [0.1, 0.15) is 0 Å². The van der Waals surface area contributed by atoms with Gasteiger partial charge in [-0.1, -0.05) is 12.1 Å². The molecule has 0 amide bonds. The molecule has 1 N–H and O–H groups in total. The van der Waals surface area contributed by atoms with Gasteiger partial charge in [-0.15, -0.1) is 0 Å². The minimum Gasteiger partial charge on any atom is -0.388 e. The zero-order valence-electron chi connectivity index (χ0n) is 11.8. The van der Waals surface area contributed by atoms with Crippen molar-refractivity contribution in [3.8, 4) is 0 Å². The van der Waals surface area contributed by atoms with Crippen LogP contribution in [-0.4, -0.2) is 40.9 Å². The molecule has 3 nitrogen and oxygen atoms in total. The van der Waals surface area contributed by atoms with Gasteiger partial charge in [0, 0.05) is 26.1 Å². The van der Waals surface area contributed by atoms with Crippen LogP contribution >= 0.6 is 0 Å². The fourth-order valence-electron chi connectivity index (χ4n) is 3.25. The lowest BCUT2D eigenvalue weighted by molar-refractivity contribution is -0.137. The minimum atomic E-state index is -4.29. The number of hydrogen-bond donors (Lipinski definition) is 1. The summed E-state index contributed by atoms with van der Waals surface area (Å²) >= 11 is 0. The summed E-state index contributed by atoms with van der Waals surface area (Å²) in [6, 6.07) is 5.25. The monoisotopic (exact) mass is 301 g/mol. The molecule has 1 aromatic rings. The van der Waals surface area contributed by atoms with E-state index in [9.17, 15) is 18.3 Å². The van der Waals surface area contributed by atoms with Crippen LogP contribution in [0.25, 0.3) is 0 Å². The smallest absolute Gasteiger partial charge is 0.388 e. The van der Waals surface area contributed by atoms with Crippen LogP contribution < -0.4 is 0 Å². The Morgan fingerprint density at radius 3 is 2.33 bits per heavy atom. The van der Waals surface area contributed by atoms with E-state index in [0.717, 1.165) is 17.7 Å². The molecule has 0 aromatic heterocycles. The summed E-state index contributed by atoms with van der Waals surface area (Å²) in [5.41, 5.74) is -0.806. The van der Waals surface area contributed by atoms with E-state index < -0.39 is 17.3 Å². The first-order valence-corrected chi connectivity index (χ1v) is 6.92. The van der Waals surface area contributed by atoms with Crippen LogP contribution in [0.4, 0.5) is 13.2 Å². The molecule has 3 rings (SSSR count).